The van der Waals surface area contributed by atoms with E-state index in [9.17, 15) is 9.59 Å². The van der Waals surface area contributed by atoms with Crippen LogP contribution in [0.1, 0.15) is 42.0 Å². The Morgan fingerprint density at radius 2 is 2.12 bits per heavy atom. The summed E-state index contributed by atoms with van der Waals surface area (Å²) in [6, 6.07) is 0. The number of esters is 1. The normalized spacial score (nSPS) is 11.0. The molecule has 0 aliphatic carbocycles. The van der Waals surface area contributed by atoms with Crippen LogP contribution >= 0.6 is 23.1 Å². The van der Waals surface area contributed by atoms with Crippen molar-refractivity contribution in [2.75, 3.05) is 23.5 Å². The molecule has 2 aromatic heterocycles. The number of aromatic nitrogens is 4. The Balaban J connectivity index is 1.91. The molecule has 142 valence electrons. The molecule has 2 rings (SSSR count). The zero-order valence-corrected chi connectivity index (χ0v) is 16.7. The van der Waals surface area contributed by atoms with Crippen LogP contribution in [0.2, 0.25) is 0 Å². The SMILES string of the molecule is CCc1nnc(SCC(=O)Nc2nc(C)c(C(=O)OCC(C)C)s2)n1N. The Morgan fingerprint density at radius 1 is 1.38 bits per heavy atom. The van der Waals surface area contributed by atoms with Crippen molar-refractivity contribution in [2.24, 2.45) is 5.92 Å². The first-order valence-corrected chi connectivity index (χ1v) is 9.88. The number of hydrogen-bond donors (Lipinski definition) is 2. The van der Waals surface area contributed by atoms with Crippen LogP contribution < -0.4 is 11.2 Å². The molecule has 0 saturated carbocycles. The van der Waals surface area contributed by atoms with E-state index in [2.05, 4.69) is 20.5 Å². The molecule has 0 radical (unpaired) electrons. The number of nitrogen functional groups attached to an aromatic ring is 1. The first kappa shape index (κ1) is 20.2. The number of nitrogens with two attached hydrogens (primary N) is 1. The van der Waals surface area contributed by atoms with E-state index in [-0.39, 0.29) is 17.6 Å². The third kappa shape index (κ3) is 5.18. The number of nitrogens with one attached hydrogen (secondary N) is 1. The second-order valence-electron chi connectivity index (χ2n) is 5.89. The van der Waals surface area contributed by atoms with Gasteiger partial charge in [0.1, 0.15) is 4.88 Å². The lowest BCUT2D eigenvalue weighted by atomic mass is 10.2. The van der Waals surface area contributed by atoms with Crippen LogP contribution in [-0.2, 0) is 16.0 Å². The highest BCUT2D eigenvalue weighted by atomic mass is 32.2. The maximum Gasteiger partial charge on any atom is 0.350 e. The molecule has 9 nitrogen and oxygen atoms in total. The first-order chi connectivity index (χ1) is 12.3. The molecule has 0 atom stereocenters. The summed E-state index contributed by atoms with van der Waals surface area (Å²) >= 11 is 2.27. The molecule has 0 bridgehead atoms. The lowest BCUT2D eigenvalue weighted by Crippen LogP contribution is -2.17. The van der Waals surface area contributed by atoms with Gasteiger partial charge in [0.15, 0.2) is 11.0 Å². The Hall–Kier alpha value is -2.14. The molecule has 26 heavy (non-hydrogen) atoms. The van der Waals surface area contributed by atoms with Gasteiger partial charge < -0.3 is 15.9 Å². The van der Waals surface area contributed by atoms with E-state index in [1.54, 1.807) is 6.92 Å². The minimum absolute atomic E-state index is 0.102. The summed E-state index contributed by atoms with van der Waals surface area (Å²) in [5.74, 6) is 6.14. The number of aryl methyl sites for hydroxylation is 2. The average Bonchev–Trinajstić information content (AvgIpc) is 3.13. The van der Waals surface area contributed by atoms with Gasteiger partial charge in [-0.3, -0.25) is 4.79 Å². The molecule has 0 spiro atoms. The van der Waals surface area contributed by atoms with E-state index >= 15 is 0 Å². The summed E-state index contributed by atoms with van der Waals surface area (Å²) in [4.78, 5) is 28.7. The number of carbonyl (C=O) groups excluding carboxylic acids is 2. The van der Waals surface area contributed by atoms with Gasteiger partial charge in [-0.05, 0) is 12.8 Å². The minimum atomic E-state index is -0.424. The Labute approximate surface area is 159 Å². The van der Waals surface area contributed by atoms with Crippen LogP contribution in [0.15, 0.2) is 5.16 Å². The molecule has 11 heteroatoms. The number of thioether (sulfide) groups is 1. The lowest BCUT2D eigenvalue weighted by Gasteiger charge is -2.05. The lowest BCUT2D eigenvalue weighted by molar-refractivity contribution is -0.113. The maximum absolute atomic E-state index is 12.1. The summed E-state index contributed by atoms with van der Waals surface area (Å²) in [5.41, 5.74) is 0.529. The third-order valence-corrected chi connectivity index (χ3v) is 5.16. The van der Waals surface area contributed by atoms with Crippen LogP contribution in [0.4, 0.5) is 5.13 Å². The highest BCUT2D eigenvalue weighted by Gasteiger charge is 2.19. The van der Waals surface area contributed by atoms with E-state index in [0.29, 0.717) is 39.7 Å². The molecule has 2 heterocycles. The smallest absolute Gasteiger partial charge is 0.350 e. The van der Waals surface area contributed by atoms with Gasteiger partial charge >= 0.3 is 5.97 Å². The van der Waals surface area contributed by atoms with Crippen molar-refractivity contribution < 1.29 is 14.3 Å². The predicted molar refractivity (Wildman–Crippen MR) is 101 cm³/mol. The van der Waals surface area contributed by atoms with Crippen LogP contribution in [0, 0.1) is 12.8 Å². The van der Waals surface area contributed by atoms with Gasteiger partial charge in [0.05, 0.1) is 18.1 Å². The molecule has 0 aromatic carbocycles. The van der Waals surface area contributed by atoms with E-state index < -0.39 is 5.97 Å². The van der Waals surface area contributed by atoms with Crippen molar-refractivity contribution >= 4 is 40.1 Å². The van der Waals surface area contributed by atoms with Gasteiger partial charge in [0, 0.05) is 6.42 Å². The standard InChI is InChI=1S/C15H22N6O3S2/c1-5-10-19-20-15(21(10)16)25-7-11(22)18-14-17-9(4)12(26-14)13(23)24-6-8(2)3/h8H,5-7,16H2,1-4H3,(H,17,18,22). The van der Waals surface area contributed by atoms with Gasteiger partial charge in [-0.1, -0.05) is 43.9 Å². The second-order valence-corrected chi connectivity index (χ2v) is 7.83. The summed E-state index contributed by atoms with van der Waals surface area (Å²) in [6.07, 6.45) is 0.657. The quantitative estimate of drug-likeness (QED) is 0.392. The second kappa shape index (κ2) is 8.99. The molecule has 0 aliphatic rings. The number of anilines is 1. The largest absolute Gasteiger partial charge is 0.461 e. The fourth-order valence-corrected chi connectivity index (χ4v) is 3.43. The van der Waals surface area contributed by atoms with E-state index in [1.807, 2.05) is 20.8 Å². The number of nitrogens with zero attached hydrogens (tertiary/aromatic N) is 4. The van der Waals surface area contributed by atoms with Crippen LogP contribution in [0.25, 0.3) is 0 Å². The van der Waals surface area contributed by atoms with Crippen molar-refractivity contribution in [3.05, 3.63) is 16.4 Å². The van der Waals surface area contributed by atoms with Crippen LogP contribution in [0.3, 0.4) is 0 Å². The summed E-state index contributed by atoms with van der Waals surface area (Å²) in [6.45, 7) is 7.89. The van der Waals surface area contributed by atoms with Gasteiger partial charge in [-0.2, -0.15) is 0 Å². The predicted octanol–water partition coefficient (Wildman–Crippen LogP) is 1.86. The zero-order chi connectivity index (χ0) is 19.3. The molecule has 0 fully saturated rings. The summed E-state index contributed by atoms with van der Waals surface area (Å²) in [7, 11) is 0. The van der Waals surface area contributed by atoms with Gasteiger partial charge in [0.2, 0.25) is 11.1 Å². The fourth-order valence-electron chi connectivity index (χ4n) is 1.88. The van der Waals surface area contributed by atoms with Crippen molar-refractivity contribution in [1.82, 2.24) is 19.9 Å². The topological polar surface area (TPSA) is 125 Å². The molecule has 0 aliphatic heterocycles. The molecule has 1 amide bonds. The van der Waals surface area contributed by atoms with Crippen molar-refractivity contribution in [3.63, 3.8) is 0 Å². The molecule has 0 unspecified atom stereocenters. The van der Waals surface area contributed by atoms with E-state index in [1.165, 1.54) is 16.4 Å². The minimum Gasteiger partial charge on any atom is -0.461 e. The van der Waals surface area contributed by atoms with Gasteiger partial charge in [-0.15, -0.1) is 10.2 Å². The number of hydrogen-bond acceptors (Lipinski definition) is 9. The summed E-state index contributed by atoms with van der Waals surface area (Å²) < 4.78 is 6.57. The molecular formula is C15H22N6O3S2. The molecular weight excluding hydrogens is 376 g/mol. The average molecular weight is 399 g/mol. The Kier molecular flexibility index (Phi) is 6.98. The Bertz CT molecular complexity index is 786. The van der Waals surface area contributed by atoms with E-state index in [0.717, 1.165) is 11.3 Å². The highest BCUT2D eigenvalue weighted by molar-refractivity contribution is 7.99. The number of thiazole rings is 1. The number of rotatable bonds is 8. The summed E-state index contributed by atoms with van der Waals surface area (Å²) in [5, 5.41) is 11.4. The van der Waals surface area contributed by atoms with Crippen LogP contribution in [-0.4, -0.2) is 44.1 Å². The monoisotopic (exact) mass is 398 g/mol. The third-order valence-electron chi connectivity index (χ3n) is 3.16. The zero-order valence-electron chi connectivity index (χ0n) is 15.1. The van der Waals surface area contributed by atoms with Crippen LogP contribution in [0.5, 0.6) is 0 Å². The maximum atomic E-state index is 12.1. The van der Waals surface area contributed by atoms with Crippen molar-refractivity contribution in [2.45, 2.75) is 39.3 Å². The van der Waals surface area contributed by atoms with Gasteiger partial charge in [0.25, 0.3) is 0 Å². The Morgan fingerprint density at radius 3 is 2.73 bits per heavy atom. The number of amides is 1. The number of ether oxygens (including phenoxy) is 1. The fraction of sp³-hybridized carbons (Fsp3) is 0.533. The van der Waals surface area contributed by atoms with Crippen molar-refractivity contribution in [1.29, 1.82) is 0 Å². The van der Waals surface area contributed by atoms with Crippen molar-refractivity contribution in [3.8, 4) is 0 Å². The number of carbonyl (C=O) groups is 2. The first-order valence-electron chi connectivity index (χ1n) is 8.08. The molecule has 2 aromatic rings. The van der Waals surface area contributed by atoms with Gasteiger partial charge in [-0.25, -0.2) is 14.5 Å². The molecule has 3 N–H and O–H groups in total. The molecule has 0 saturated heterocycles. The highest BCUT2D eigenvalue weighted by Crippen LogP contribution is 2.24. The van der Waals surface area contributed by atoms with E-state index in [4.69, 9.17) is 10.6 Å².